The first-order valence-corrected chi connectivity index (χ1v) is 25.7. The second-order valence-electron chi connectivity index (χ2n) is 19.4. The normalized spacial score (nSPS) is 13.0. The Bertz CT molecular complexity index is 3430. The van der Waals surface area contributed by atoms with Gasteiger partial charge in [0, 0.05) is 34.1 Å². The molecule has 0 atom stereocenters. The minimum atomic E-state index is 1.12. The molecule has 2 aliphatic carbocycles. The zero-order valence-corrected chi connectivity index (χ0v) is 40.6. The third-order valence-electron chi connectivity index (χ3n) is 15.0. The molecule has 71 heavy (non-hydrogen) atoms. The first-order chi connectivity index (χ1) is 35.1. The third-order valence-corrected chi connectivity index (χ3v) is 15.0. The topological polar surface area (TPSA) is 6.48 Å². The van der Waals surface area contributed by atoms with Gasteiger partial charge in [0.1, 0.15) is 0 Å². The zero-order chi connectivity index (χ0) is 47.5. The van der Waals surface area contributed by atoms with Gasteiger partial charge in [0.05, 0.1) is 0 Å². The first kappa shape index (κ1) is 44.0. The van der Waals surface area contributed by atoms with Crippen molar-refractivity contribution in [1.82, 2.24) is 0 Å². The summed E-state index contributed by atoms with van der Waals surface area (Å²) >= 11 is 0. The Hall–Kier alpha value is -8.20. The highest BCUT2D eigenvalue weighted by atomic mass is 15.1. The highest BCUT2D eigenvalue weighted by Gasteiger charge is 2.20. The molecule has 0 unspecified atom stereocenters. The largest absolute Gasteiger partial charge is 0.311 e. The molecule has 0 amide bonds. The van der Waals surface area contributed by atoms with Gasteiger partial charge in [-0.2, -0.15) is 0 Å². The van der Waals surface area contributed by atoms with Crippen molar-refractivity contribution < 1.29 is 0 Å². The van der Waals surface area contributed by atoms with Crippen LogP contribution in [0.2, 0.25) is 0 Å². The Morgan fingerprint density at radius 3 is 0.972 bits per heavy atom. The van der Waals surface area contributed by atoms with Crippen LogP contribution in [0.5, 0.6) is 0 Å². The minimum absolute atomic E-state index is 1.12. The van der Waals surface area contributed by atoms with Crippen molar-refractivity contribution in [3.05, 3.63) is 264 Å². The van der Waals surface area contributed by atoms with Crippen LogP contribution in [-0.4, -0.2) is 0 Å². The van der Waals surface area contributed by atoms with Crippen LogP contribution in [0.25, 0.3) is 55.6 Å². The van der Waals surface area contributed by atoms with Crippen molar-refractivity contribution in [3.8, 4) is 55.6 Å². The second kappa shape index (κ2) is 19.7. The molecule has 0 aliphatic heterocycles. The fourth-order valence-corrected chi connectivity index (χ4v) is 11.3. The maximum absolute atomic E-state index is 2.40. The molecule has 2 heteroatoms. The highest BCUT2D eigenvalue weighted by molar-refractivity contribution is 5.85. The van der Waals surface area contributed by atoms with Gasteiger partial charge < -0.3 is 9.80 Å². The maximum Gasteiger partial charge on any atom is 0.0464 e. The molecule has 10 aromatic carbocycles. The molecule has 0 saturated heterocycles. The number of benzene rings is 10. The van der Waals surface area contributed by atoms with E-state index in [9.17, 15) is 0 Å². The third kappa shape index (κ3) is 8.99. The van der Waals surface area contributed by atoms with E-state index >= 15 is 0 Å². The van der Waals surface area contributed by atoms with E-state index in [-0.39, 0.29) is 0 Å². The SMILES string of the molecule is Cc1cc(N(c2ccc(-c3ccccc3)cc2)c2ccc(-c3cccc4c3CCCC4)cc2)ccc1-c1ccc(N(c2ccc(-c3ccccc3)cc2)c2ccc(-c3cccc4c3CCCC4)cc2)cc1. The van der Waals surface area contributed by atoms with E-state index in [4.69, 9.17) is 0 Å². The van der Waals surface area contributed by atoms with Gasteiger partial charge in [-0.05, 0) is 215 Å². The summed E-state index contributed by atoms with van der Waals surface area (Å²) in [4.78, 5) is 4.79. The van der Waals surface area contributed by atoms with Crippen LogP contribution in [0, 0.1) is 6.92 Å². The van der Waals surface area contributed by atoms with Gasteiger partial charge in [0.15, 0.2) is 0 Å². The summed E-state index contributed by atoms with van der Waals surface area (Å²) in [5.74, 6) is 0. The summed E-state index contributed by atoms with van der Waals surface area (Å²) < 4.78 is 0. The predicted octanol–water partition coefficient (Wildman–Crippen LogP) is 19.0. The van der Waals surface area contributed by atoms with Crippen LogP contribution < -0.4 is 9.80 Å². The van der Waals surface area contributed by atoms with Crippen LogP contribution >= 0.6 is 0 Å². The van der Waals surface area contributed by atoms with E-state index in [1.807, 2.05) is 0 Å². The van der Waals surface area contributed by atoms with Gasteiger partial charge in [0.2, 0.25) is 0 Å². The Morgan fingerprint density at radius 2 is 0.577 bits per heavy atom. The van der Waals surface area contributed by atoms with Crippen molar-refractivity contribution in [2.45, 2.75) is 58.3 Å². The zero-order valence-electron chi connectivity index (χ0n) is 40.6. The molecule has 0 saturated carbocycles. The van der Waals surface area contributed by atoms with Crippen molar-refractivity contribution >= 4 is 34.1 Å². The molecule has 344 valence electrons. The molecular weight excluding hydrogens is 857 g/mol. The Kier molecular flexibility index (Phi) is 12.2. The lowest BCUT2D eigenvalue weighted by Gasteiger charge is -2.27. The lowest BCUT2D eigenvalue weighted by atomic mass is 9.86. The number of nitrogens with zero attached hydrogens (tertiary/aromatic N) is 2. The number of hydrogen-bond acceptors (Lipinski definition) is 2. The fourth-order valence-electron chi connectivity index (χ4n) is 11.3. The molecule has 0 fully saturated rings. The fraction of sp³-hybridized carbons (Fsp3) is 0.130. The summed E-state index contributed by atoms with van der Waals surface area (Å²) in [5.41, 5.74) is 26.6. The standard InChI is InChI=1S/C69H58N2/c1-49-48-64(71(62-38-28-53(29-39-62)51-16-6-3-7-17-51)63-44-34-58(35-45-63)69-25-13-21-55-19-9-11-23-67(55)69)46-47-65(49)56-30-40-60(41-31-56)70(59-36-26-52(27-37-59)50-14-4-2-5-15-50)61-42-32-57(33-43-61)68-24-12-20-54-18-8-10-22-66(54)68/h2-7,12-17,20-21,24-48H,8-11,18-19,22-23H2,1H3. The smallest absolute Gasteiger partial charge is 0.0464 e. The minimum Gasteiger partial charge on any atom is -0.311 e. The molecular formula is C69H58N2. The lowest BCUT2D eigenvalue weighted by Crippen LogP contribution is -2.10. The Morgan fingerprint density at radius 1 is 0.254 bits per heavy atom. The molecule has 0 heterocycles. The maximum atomic E-state index is 2.40. The van der Waals surface area contributed by atoms with Gasteiger partial charge in [-0.25, -0.2) is 0 Å². The Labute approximate surface area is 420 Å². The van der Waals surface area contributed by atoms with Gasteiger partial charge in [0.25, 0.3) is 0 Å². The summed E-state index contributed by atoms with van der Waals surface area (Å²) in [7, 11) is 0. The number of anilines is 6. The summed E-state index contributed by atoms with van der Waals surface area (Å²) in [6, 6.07) is 87.5. The highest BCUT2D eigenvalue weighted by Crippen LogP contribution is 2.42. The number of rotatable bonds is 11. The summed E-state index contributed by atoms with van der Waals surface area (Å²) in [5, 5.41) is 0. The van der Waals surface area contributed by atoms with Crippen LogP contribution in [0.15, 0.2) is 237 Å². The van der Waals surface area contributed by atoms with E-state index in [0.29, 0.717) is 0 Å². The predicted molar refractivity (Wildman–Crippen MR) is 301 cm³/mol. The monoisotopic (exact) mass is 914 g/mol. The van der Waals surface area contributed by atoms with E-state index < -0.39 is 0 Å². The molecule has 0 spiro atoms. The van der Waals surface area contributed by atoms with Crippen molar-refractivity contribution in [2.75, 3.05) is 9.80 Å². The van der Waals surface area contributed by atoms with Gasteiger partial charge in [-0.1, -0.05) is 164 Å². The van der Waals surface area contributed by atoms with Crippen LogP contribution in [0.4, 0.5) is 34.1 Å². The van der Waals surface area contributed by atoms with E-state index in [1.54, 1.807) is 0 Å². The van der Waals surface area contributed by atoms with Crippen LogP contribution in [0.3, 0.4) is 0 Å². The van der Waals surface area contributed by atoms with Gasteiger partial charge in [-0.15, -0.1) is 0 Å². The quantitative estimate of drug-likeness (QED) is 0.128. The molecule has 2 nitrogen and oxygen atoms in total. The number of aryl methyl sites for hydroxylation is 3. The number of fused-ring (bicyclic) bond motifs is 2. The molecule has 0 aromatic heterocycles. The first-order valence-electron chi connectivity index (χ1n) is 25.7. The van der Waals surface area contributed by atoms with Crippen molar-refractivity contribution in [2.24, 2.45) is 0 Å². The molecule has 12 rings (SSSR count). The second-order valence-corrected chi connectivity index (χ2v) is 19.4. The van der Waals surface area contributed by atoms with Gasteiger partial charge in [-0.3, -0.25) is 0 Å². The number of hydrogen-bond donors (Lipinski definition) is 0. The molecule has 10 aromatic rings. The van der Waals surface area contributed by atoms with Crippen molar-refractivity contribution in [1.29, 1.82) is 0 Å². The lowest BCUT2D eigenvalue weighted by molar-refractivity contribution is 0.687. The summed E-state index contributed by atoms with van der Waals surface area (Å²) in [6.45, 7) is 2.25. The Balaban J connectivity index is 0.873. The van der Waals surface area contributed by atoms with Crippen LogP contribution in [0.1, 0.15) is 53.5 Å². The van der Waals surface area contributed by atoms with Crippen molar-refractivity contribution in [3.63, 3.8) is 0 Å². The molecule has 0 bridgehead atoms. The van der Waals surface area contributed by atoms with E-state index in [2.05, 4.69) is 253 Å². The molecule has 0 radical (unpaired) electrons. The van der Waals surface area contributed by atoms with Gasteiger partial charge >= 0.3 is 0 Å². The average molecular weight is 915 g/mol. The average Bonchev–Trinajstić information content (AvgIpc) is 3.44. The van der Waals surface area contributed by atoms with Crippen LogP contribution in [-0.2, 0) is 25.7 Å². The van der Waals surface area contributed by atoms with E-state index in [1.165, 1.54) is 122 Å². The molecule has 0 N–H and O–H groups in total. The van der Waals surface area contributed by atoms with E-state index in [0.717, 1.165) is 47.0 Å². The summed E-state index contributed by atoms with van der Waals surface area (Å²) in [6.07, 6.45) is 9.78. The molecule has 2 aliphatic rings.